The van der Waals surface area contributed by atoms with E-state index in [1.165, 1.54) is 12.1 Å². The number of hydrogen-bond acceptors (Lipinski definition) is 4. The van der Waals surface area contributed by atoms with Gasteiger partial charge in [0, 0.05) is 6.07 Å². The van der Waals surface area contributed by atoms with E-state index in [0.717, 1.165) is 5.56 Å². The van der Waals surface area contributed by atoms with Crippen LogP contribution >= 0.6 is 0 Å². The molecule has 0 amide bonds. The number of ether oxygens (including phenoxy) is 3. The fraction of sp³-hybridized carbons (Fsp3) is 0.133. The summed E-state index contributed by atoms with van der Waals surface area (Å²) in [5.74, 6) is 1.17. The highest BCUT2D eigenvalue weighted by atomic mass is 19.1. The average molecular weight is 271 g/mol. The van der Waals surface area contributed by atoms with E-state index >= 15 is 0 Å². The highest BCUT2D eigenvalue weighted by Crippen LogP contribution is 2.32. The Morgan fingerprint density at radius 3 is 2.80 bits per heavy atom. The van der Waals surface area contributed by atoms with Gasteiger partial charge in [0.2, 0.25) is 6.79 Å². The topological polar surface area (TPSA) is 51.5 Å². The summed E-state index contributed by atoms with van der Waals surface area (Å²) < 4.78 is 29.4. The molecule has 0 unspecified atom stereocenters. The van der Waals surface area contributed by atoms with Crippen LogP contribution in [0.2, 0.25) is 0 Å². The fourth-order valence-electron chi connectivity index (χ4n) is 1.87. The van der Waals surface area contributed by atoms with Crippen molar-refractivity contribution in [3.8, 4) is 23.3 Å². The van der Waals surface area contributed by atoms with Crippen molar-refractivity contribution in [2.75, 3.05) is 6.79 Å². The summed E-state index contributed by atoms with van der Waals surface area (Å²) in [4.78, 5) is 0. The predicted octanol–water partition coefficient (Wildman–Crippen LogP) is 3.01. The van der Waals surface area contributed by atoms with Gasteiger partial charge < -0.3 is 14.2 Å². The molecule has 0 fully saturated rings. The van der Waals surface area contributed by atoms with Gasteiger partial charge in [-0.2, -0.15) is 5.26 Å². The molecule has 0 saturated carbocycles. The number of nitrogens with zero attached hydrogens (tertiary/aromatic N) is 1. The smallest absolute Gasteiger partial charge is 0.231 e. The summed E-state index contributed by atoms with van der Waals surface area (Å²) >= 11 is 0. The van der Waals surface area contributed by atoms with Crippen LogP contribution in [-0.4, -0.2) is 6.79 Å². The minimum atomic E-state index is -0.587. The summed E-state index contributed by atoms with van der Waals surface area (Å²) in [7, 11) is 0. The largest absolute Gasteiger partial charge is 0.489 e. The van der Waals surface area contributed by atoms with E-state index in [4.69, 9.17) is 19.5 Å². The van der Waals surface area contributed by atoms with E-state index in [1.54, 1.807) is 18.2 Å². The molecule has 0 saturated heterocycles. The van der Waals surface area contributed by atoms with E-state index in [9.17, 15) is 4.39 Å². The highest BCUT2D eigenvalue weighted by molar-refractivity contribution is 5.44. The number of nitriles is 1. The number of halogens is 1. The summed E-state index contributed by atoms with van der Waals surface area (Å²) in [6.45, 7) is 0.502. The van der Waals surface area contributed by atoms with Gasteiger partial charge in [-0.3, -0.25) is 0 Å². The van der Waals surface area contributed by atoms with Crippen molar-refractivity contribution in [1.29, 1.82) is 5.26 Å². The first-order chi connectivity index (χ1) is 9.76. The second-order valence-corrected chi connectivity index (χ2v) is 4.23. The van der Waals surface area contributed by atoms with E-state index in [2.05, 4.69) is 0 Å². The molecule has 2 aromatic carbocycles. The van der Waals surface area contributed by atoms with Gasteiger partial charge in [0.1, 0.15) is 24.2 Å². The third-order valence-electron chi connectivity index (χ3n) is 2.90. The Labute approximate surface area is 114 Å². The molecule has 1 aliphatic heterocycles. The quantitative estimate of drug-likeness (QED) is 0.861. The van der Waals surface area contributed by atoms with E-state index in [-0.39, 0.29) is 19.0 Å². The maximum atomic E-state index is 13.4. The third-order valence-corrected chi connectivity index (χ3v) is 2.90. The molecule has 1 aliphatic rings. The molecule has 2 aromatic rings. The zero-order valence-electron chi connectivity index (χ0n) is 10.4. The van der Waals surface area contributed by atoms with Crippen molar-refractivity contribution < 1.29 is 18.6 Å². The Bertz CT molecular complexity index is 683. The fourth-order valence-corrected chi connectivity index (χ4v) is 1.87. The van der Waals surface area contributed by atoms with Crippen LogP contribution in [-0.2, 0) is 6.61 Å². The lowest BCUT2D eigenvalue weighted by Crippen LogP contribution is -1.96. The summed E-state index contributed by atoms with van der Waals surface area (Å²) in [6.07, 6.45) is 0. The van der Waals surface area contributed by atoms with Crippen LogP contribution in [0.3, 0.4) is 0 Å². The van der Waals surface area contributed by atoms with Crippen LogP contribution in [0.4, 0.5) is 4.39 Å². The predicted molar refractivity (Wildman–Crippen MR) is 68.0 cm³/mol. The Balaban J connectivity index is 1.70. The van der Waals surface area contributed by atoms with Crippen molar-refractivity contribution in [3.63, 3.8) is 0 Å². The minimum Gasteiger partial charge on any atom is -0.489 e. The standard InChI is InChI=1S/C15H10FNO3/c16-13-6-12(3-2-11(13)7-17)18-8-10-1-4-14-15(5-10)20-9-19-14/h1-6H,8-9H2. The zero-order chi connectivity index (χ0) is 13.9. The SMILES string of the molecule is N#Cc1ccc(OCc2ccc3c(c2)OCO3)cc1F. The average Bonchev–Trinajstić information content (AvgIpc) is 2.92. The molecule has 100 valence electrons. The summed E-state index contributed by atoms with van der Waals surface area (Å²) in [5, 5.41) is 8.65. The van der Waals surface area contributed by atoms with E-state index < -0.39 is 5.82 Å². The molecular formula is C15H10FNO3. The Hall–Kier alpha value is -2.74. The number of rotatable bonds is 3. The Morgan fingerprint density at radius 1 is 1.15 bits per heavy atom. The van der Waals surface area contributed by atoms with Crippen LogP contribution in [0.15, 0.2) is 36.4 Å². The van der Waals surface area contributed by atoms with Gasteiger partial charge in [-0.1, -0.05) is 6.07 Å². The molecule has 5 heteroatoms. The third kappa shape index (κ3) is 2.36. The first-order valence-corrected chi connectivity index (χ1v) is 5.97. The van der Waals surface area contributed by atoms with Gasteiger partial charge in [0.15, 0.2) is 11.5 Å². The molecule has 0 radical (unpaired) electrons. The van der Waals surface area contributed by atoms with Crippen molar-refractivity contribution in [3.05, 3.63) is 53.3 Å². The number of hydrogen-bond donors (Lipinski definition) is 0. The molecule has 0 N–H and O–H groups in total. The molecule has 0 atom stereocenters. The lowest BCUT2D eigenvalue weighted by Gasteiger charge is -2.07. The summed E-state index contributed by atoms with van der Waals surface area (Å²) in [6, 6.07) is 11.4. The van der Waals surface area contributed by atoms with Gasteiger partial charge in [0.05, 0.1) is 5.56 Å². The second-order valence-electron chi connectivity index (χ2n) is 4.23. The molecule has 0 aromatic heterocycles. The van der Waals surface area contributed by atoms with Crippen molar-refractivity contribution >= 4 is 0 Å². The Morgan fingerprint density at radius 2 is 2.00 bits per heavy atom. The lowest BCUT2D eigenvalue weighted by atomic mass is 10.2. The van der Waals surface area contributed by atoms with Gasteiger partial charge in [-0.05, 0) is 29.8 Å². The normalized spacial score (nSPS) is 12.0. The van der Waals surface area contributed by atoms with Crippen LogP contribution in [0, 0.1) is 17.1 Å². The molecule has 20 heavy (non-hydrogen) atoms. The van der Waals surface area contributed by atoms with Gasteiger partial charge >= 0.3 is 0 Å². The molecule has 0 spiro atoms. The number of fused-ring (bicyclic) bond motifs is 1. The lowest BCUT2D eigenvalue weighted by molar-refractivity contribution is 0.174. The maximum Gasteiger partial charge on any atom is 0.231 e. The van der Waals surface area contributed by atoms with Crippen molar-refractivity contribution in [2.24, 2.45) is 0 Å². The zero-order valence-corrected chi connectivity index (χ0v) is 10.4. The van der Waals surface area contributed by atoms with E-state index in [1.807, 2.05) is 12.1 Å². The monoisotopic (exact) mass is 271 g/mol. The first-order valence-electron chi connectivity index (χ1n) is 5.97. The molecule has 0 bridgehead atoms. The molecule has 3 rings (SSSR count). The number of benzene rings is 2. The summed E-state index contributed by atoms with van der Waals surface area (Å²) in [5.41, 5.74) is 0.888. The molecule has 1 heterocycles. The van der Waals surface area contributed by atoms with Crippen molar-refractivity contribution in [2.45, 2.75) is 6.61 Å². The van der Waals surface area contributed by atoms with Gasteiger partial charge in [0.25, 0.3) is 0 Å². The van der Waals surface area contributed by atoms with Crippen LogP contribution in [0.1, 0.15) is 11.1 Å². The van der Waals surface area contributed by atoms with E-state index in [0.29, 0.717) is 17.2 Å². The van der Waals surface area contributed by atoms with Crippen molar-refractivity contribution in [1.82, 2.24) is 0 Å². The van der Waals surface area contributed by atoms with Crippen LogP contribution in [0.25, 0.3) is 0 Å². The maximum absolute atomic E-state index is 13.4. The van der Waals surface area contributed by atoms with Crippen LogP contribution in [0.5, 0.6) is 17.2 Å². The van der Waals surface area contributed by atoms with Gasteiger partial charge in [-0.25, -0.2) is 4.39 Å². The minimum absolute atomic E-state index is 0.000398. The molecule has 4 nitrogen and oxygen atoms in total. The second kappa shape index (κ2) is 5.10. The van der Waals surface area contributed by atoms with Crippen LogP contribution < -0.4 is 14.2 Å². The Kier molecular flexibility index (Phi) is 3.13. The molecule has 0 aliphatic carbocycles. The first kappa shape index (κ1) is 12.3. The highest BCUT2D eigenvalue weighted by Gasteiger charge is 2.13. The molecular weight excluding hydrogens is 261 g/mol. The van der Waals surface area contributed by atoms with Gasteiger partial charge in [-0.15, -0.1) is 0 Å².